The van der Waals surface area contributed by atoms with Crippen molar-refractivity contribution >= 4 is 46.4 Å². The number of benzene rings is 1. The number of nitrogens with zero attached hydrogens (tertiary/aromatic N) is 1. The maximum absolute atomic E-state index is 11.9. The number of nitrogens with one attached hydrogen (secondary N) is 1. The lowest BCUT2D eigenvalue weighted by atomic mass is 10.2. The Labute approximate surface area is 119 Å². The van der Waals surface area contributed by atoms with E-state index in [4.69, 9.17) is 34.8 Å². The molecule has 1 N–H and O–H groups in total. The van der Waals surface area contributed by atoms with E-state index < -0.39 is 0 Å². The number of halogens is 3. The number of carbonyl (C=O) groups is 1. The van der Waals surface area contributed by atoms with Crippen LogP contribution in [-0.2, 0) is 0 Å². The second-order valence-corrected chi connectivity index (χ2v) is 4.62. The Morgan fingerprint density at radius 3 is 2.28 bits per heavy atom. The highest BCUT2D eigenvalue weighted by Crippen LogP contribution is 2.30. The van der Waals surface area contributed by atoms with Crippen LogP contribution in [0.3, 0.4) is 0 Å². The Bertz CT molecular complexity index is 564. The van der Waals surface area contributed by atoms with E-state index in [0.717, 1.165) is 0 Å². The molecule has 1 aromatic heterocycles. The SMILES string of the molecule is O=C(Nc1c(Cl)cccc1Cl)c1ccc(Cl)nc1. The first-order chi connectivity index (χ1) is 8.58. The van der Waals surface area contributed by atoms with Crippen LogP contribution in [0.2, 0.25) is 15.2 Å². The van der Waals surface area contributed by atoms with Crippen LogP contribution in [0.15, 0.2) is 36.5 Å². The third kappa shape index (κ3) is 2.93. The van der Waals surface area contributed by atoms with Crippen molar-refractivity contribution < 1.29 is 4.79 Å². The summed E-state index contributed by atoms with van der Waals surface area (Å²) in [5.74, 6) is -0.353. The van der Waals surface area contributed by atoms with E-state index in [1.807, 2.05) is 0 Å². The number of pyridine rings is 1. The second-order valence-electron chi connectivity index (χ2n) is 3.42. The molecule has 0 aliphatic rings. The van der Waals surface area contributed by atoms with E-state index in [1.165, 1.54) is 12.3 Å². The Balaban J connectivity index is 2.24. The van der Waals surface area contributed by atoms with E-state index in [1.54, 1.807) is 24.3 Å². The van der Waals surface area contributed by atoms with Gasteiger partial charge in [0.15, 0.2) is 0 Å². The molecule has 0 unspecified atom stereocenters. The number of aromatic nitrogens is 1. The highest BCUT2D eigenvalue weighted by atomic mass is 35.5. The molecule has 0 aliphatic heterocycles. The van der Waals surface area contributed by atoms with Gasteiger partial charge in [0.2, 0.25) is 0 Å². The molecule has 3 nitrogen and oxygen atoms in total. The molecule has 1 aromatic carbocycles. The third-order valence-electron chi connectivity index (χ3n) is 2.19. The van der Waals surface area contributed by atoms with E-state index in [0.29, 0.717) is 26.4 Å². The minimum absolute atomic E-state index is 0.322. The van der Waals surface area contributed by atoms with Gasteiger partial charge in [0.05, 0.1) is 21.3 Å². The van der Waals surface area contributed by atoms with Gasteiger partial charge in [-0.1, -0.05) is 40.9 Å². The molecule has 0 bridgehead atoms. The summed E-state index contributed by atoms with van der Waals surface area (Å²) in [4.78, 5) is 15.7. The molecule has 1 amide bonds. The molecule has 0 spiro atoms. The fraction of sp³-hybridized carbons (Fsp3) is 0. The van der Waals surface area contributed by atoms with Gasteiger partial charge in [-0.3, -0.25) is 4.79 Å². The highest BCUT2D eigenvalue weighted by molar-refractivity contribution is 6.40. The molecule has 2 rings (SSSR count). The van der Waals surface area contributed by atoms with Crippen molar-refractivity contribution in [3.05, 3.63) is 57.3 Å². The predicted molar refractivity (Wildman–Crippen MR) is 73.7 cm³/mol. The molecule has 92 valence electrons. The quantitative estimate of drug-likeness (QED) is 0.841. The Hall–Kier alpha value is -1.29. The summed E-state index contributed by atoms with van der Waals surface area (Å²) >= 11 is 17.5. The van der Waals surface area contributed by atoms with Gasteiger partial charge in [-0.25, -0.2) is 4.98 Å². The highest BCUT2D eigenvalue weighted by Gasteiger charge is 2.11. The van der Waals surface area contributed by atoms with Gasteiger partial charge in [-0.2, -0.15) is 0 Å². The molecule has 6 heteroatoms. The Morgan fingerprint density at radius 2 is 1.72 bits per heavy atom. The molecule has 2 aromatic rings. The van der Waals surface area contributed by atoms with Crippen LogP contribution in [-0.4, -0.2) is 10.9 Å². The topological polar surface area (TPSA) is 42.0 Å². The standard InChI is InChI=1S/C12H7Cl3N2O/c13-8-2-1-3-9(14)11(8)17-12(18)7-4-5-10(15)16-6-7/h1-6H,(H,17,18). The number of hydrogen-bond acceptors (Lipinski definition) is 2. The smallest absolute Gasteiger partial charge is 0.257 e. The van der Waals surface area contributed by atoms with Crippen molar-refractivity contribution in [1.82, 2.24) is 4.98 Å². The maximum Gasteiger partial charge on any atom is 0.257 e. The van der Waals surface area contributed by atoms with Crippen molar-refractivity contribution in [2.75, 3.05) is 5.32 Å². The number of anilines is 1. The first kappa shape index (κ1) is 13.1. The van der Waals surface area contributed by atoms with Gasteiger partial charge in [-0.15, -0.1) is 0 Å². The van der Waals surface area contributed by atoms with E-state index in [9.17, 15) is 4.79 Å². The van der Waals surface area contributed by atoms with Crippen LogP contribution < -0.4 is 5.32 Å². The first-order valence-electron chi connectivity index (χ1n) is 4.95. The monoisotopic (exact) mass is 300 g/mol. The summed E-state index contributed by atoms with van der Waals surface area (Å²) in [5.41, 5.74) is 0.746. The maximum atomic E-state index is 11.9. The van der Waals surface area contributed by atoms with Crippen LogP contribution in [0.5, 0.6) is 0 Å². The third-order valence-corrected chi connectivity index (χ3v) is 3.04. The van der Waals surface area contributed by atoms with Gasteiger partial charge in [-0.05, 0) is 24.3 Å². The lowest BCUT2D eigenvalue weighted by Crippen LogP contribution is -2.12. The van der Waals surface area contributed by atoms with Crippen molar-refractivity contribution in [3.8, 4) is 0 Å². The molecule has 0 fully saturated rings. The summed E-state index contributed by atoms with van der Waals surface area (Å²) in [6.45, 7) is 0. The summed E-state index contributed by atoms with van der Waals surface area (Å²) in [6.07, 6.45) is 1.38. The Kier molecular flexibility index (Phi) is 4.07. The number of amides is 1. The number of hydrogen-bond donors (Lipinski definition) is 1. The fourth-order valence-electron chi connectivity index (χ4n) is 1.31. The molecule has 0 atom stereocenters. The van der Waals surface area contributed by atoms with E-state index in [-0.39, 0.29) is 5.91 Å². The van der Waals surface area contributed by atoms with E-state index in [2.05, 4.69) is 10.3 Å². The van der Waals surface area contributed by atoms with Crippen LogP contribution in [0, 0.1) is 0 Å². The zero-order valence-corrected chi connectivity index (χ0v) is 11.2. The normalized spacial score (nSPS) is 10.2. The van der Waals surface area contributed by atoms with Crippen LogP contribution in [0.1, 0.15) is 10.4 Å². The van der Waals surface area contributed by atoms with Gasteiger partial charge >= 0.3 is 0 Å². The van der Waals surface area contributed by atoms with Crippen LogP contribution in [0.4, 0.5) is 5.69 Å². The minimum Gasteiger partial charge on any atom is -0.319 e. The average Bonchev–Trinajstić information content (AvgIpc) is 2.34. The first-order valence-corrected chi connectivity index (χ1v) is 6.08. The lowest BCUT2D eigenvalue weighted by Gasteiger charge is -2.08. The van der Waals surface area contributed by atoms with Crippen molar-refractivity contribution in [2.24, 2.45) is 0 Å². The summed E-state index contributed by atoms with van der Waals surface area (Å²) < 4.78 is 0. The lowest BCUT2D eigenvalue weighted by molar-refractivity contribution is 0.102. The molecule has 1 heterocycles. The zero-order valence-electron chi connectivity index (χ0n) is 8.95. The van der Waals surface area contributed by atoms with Crippen LogP contribution in [0.25, 0.3) is 0 Å². The molecule has 0 saturated carbocycles. The largest absolute Gasteiger partial charge is 0.319 e. The van der Waals surface area contributed by atoms with Crippen molar-refractivity contribution in [1.29, 1.82) is 0 Å². The average molecular weight is 302 g/mol. The number of para-hydroxylation sites is 1. The van der Waals surface area contributed by atoms with Crippen LogP contribution >= 0.6 is 34.8 Å². The molecule has 18 heavy (non-hydrogen) atoms. The number of carbonyl (C=O) groups excluding carboxylic acids is 1. The minimum atomic E-state index is -0.353. The van der Waals surface area contributed by atoms with E-state index >= 15 is 0 Å². The summed E-state index contributed by atoms with van der Waals surface area (Å²) in [6, 6.07) is 8.08. The zero-order chi connectivity index (χ0) is 13.1. The van der Waals surface area contributed by atoms with Gasteiger partial charge in [0.1, 0.15) is 5.15 Å². The fourth-order valence-corrected chi connectivity index (χ4v) is 1.92. The summed E-state index contributed by atoms with van der Waals surface area (Å²) in [7, 11) is 0. The van der Waals surface area contributed by atoms with Gasteiger partial charge in [0.25, 0.3) is 5.91 Å². The molecule has 0 aliphatic carbocycles. The van der Waals surface area contributed by atoms with Gasteiger partial charge in [0, 0.05) is 6.20 Å². The predicted octanol–water partition coefficient (Wildman–Crippen LogP) is 4.29. The van der Waals surface area contributed by atoms with Gasteiger partial charge < -0.3 is 5.32 Å². The number of rotatable bonds is 2. The van der Waals surface area contributed by atoms with Crippen molar-refractivity contribution in [3.63, 3.8) is 0 Å². The molecular formula is C12H7Cl3N2O. The Morgan fingerprint density at radius 1 is 1.06 bits per heavy atom. The summed E-state index contributed by atoms with van der Waals surface area (Å²) in [5, 5.41) is 3.70. The molecule has 0 radical (unpaired) electrons. The molecular weight excluding hydrogens is 295 g/mol. The van der Waals surface area contributed by atoms with Crippen molar-refractivity contribution in [2.45, 2.75) is 0 Å². The molecule has 0 saturated heterocycles. The second kappa shape index (κ2) is 5.57.